The van der Waals surface area contributed by atoms with E-state index < -0.39 is 0 Å². The van der Waals surface area contributed by atoms with Crippen LogP contribution in [0.25, 0.3) is 0 Å². The number of nitrogens with zero attached hydrogens (tertiary/aromatic N) is 1. The molecule has 1 rings (SSSR count). The molecule has 0 amide bonds. The number of rotatable bonds is 3. The van der Waals surface area contributed by atoms with Crippen molar-refractivity contribution < 1.29 is 0 Å². The lowest BCUT2D eigenvalue weighted by atomic mass is 10.0. The number of pyridine rings is 1. The highest BCUT2D eigenvalue weighted by Crippen LogP contribution is 2.21. The molecule has 1 N–H and O–H groups in total. The quantitative estimate of drug-likeness (QED) is 0.794. The third-order valence-electron chi connectivity index (χ3n) is 2.34. The van der Waals surface area contributed by atoms with E-state index in [9.17, 15) is 0 Å². The molecule has 0 aromatic carbocycles. The molecule has 14 heavy (non-hydrogen) atoms. The van der Waals surface area contributed by atoms with Crippen molar-refractivity contribution in [3.8, 4) is 0 Å². The fourth-order valence-corrected chi connectivity index (χ4v) is 1.31. The molecule has 0 saturated carbocycles. The van der Waals surface area contributed by atoms with Gasteiger partial charge in [0.15, 0.2) is 0 Å². The standard InChI is InChI=1S/C12H20N2/c1-8(2)11-6-10(13-5)7-12(14-11)9(3)4/h6-9H,1-5H3,(H,13,14). The molecule has 0 aliphatic heterocycles. The minimum absolute atomic E-state index is 0.487. The predicted molar refractivity (Wildman–Crippen MR) is 62.0 cm³/mol. The highest BCUT2D eigenvalue weighted by Gasteiger charge is 2.07. The van der Waals surface area contributed by atoms with Gasteiger partial charge in [-0.05, 0) is 24.0 Å². The molecule has 2 nitrogen and oxygen atoms in total. The van der Waals surface area contributed by atoms with Gasteiger partial charge >= 0.3 is 0 Å². The molecular weight excluding hydrogens is 172 g/mol. The van der Waals surface area contributed by atoms with Crippen LogP contribution in [0.2, 0.25) is 0 Å². The maximum Gasteiger partial charge on any atom is 0.0452 e. The van der Waals surface area contributed by atoms with Crippen LogP contribution in [-0.2, 0) is 0 Å². The zero-order valence-corrected chi connectivity index (χ0v) is 9.76. The molecule has 0 atom stereocenters. The summed E-state index contributed by atoms with van der Waals surface area (Å²) in [6.45, 7) is 8.69. The van der Waals surface area contributed by atoms with E-state index in [1.807, 2.05) is 7.05 Å². The van der Waals surface area contributed by atoms with Crippen LogP contribution in [-0.4, -0.2) is 12.0 Å². The van der Waals surface area contributed by atoms with Gasteiger partial charge in [-0.3, -0.25) is 4.98 Å². The maximum atomic E-state index is 4.64. The van der Waals surface area contributed by atoms with Crippen LogP contribution in [0, 0.1) is 0 Å². The topological polar surface area (TPSA) is 24.9 Å². The Hall–Kier alpha value is -1.05. The van der Waals surface area contributed by atoms with Gasteiger partial charge in [-0.15, -0.1) is 0 Å². The van der Waals surface area contributed by atoms with Crippen LogP contribution in [0.1, 0.15) is 50.9 Å². The summed E-state index contributed by atoms with van der Waals surface area (Å²) in [6.07, 6.45) is 0. The molecule has 2 heteroatoms. The second kappa shape index (κ2) is 4.45. The van der Waals surface area contributed by atoms with Crippen LogP contribution < -0.4 is 5.32 Å². The normalized spacial score (nSPS) is 11.1. The second-order valence-electron chi connectivity index (χ2n) is 4.26. The lowest BCUT2D eigenvalue weighted by molar-refractivity contribution is 0.766. The molecule has 0 radical (unpaired) electrons. The Morgan fingerprint density at radius 1 is 1.00 bits per heavy atom. The average molecular weight is 192 g/mol. The van der Waals surface area contributed by atoms with Crippen molar-refractivity contribution in [2.24, 2.45) is 0 Å². The summed E-state index contributed by atoms with van der Waals surface area (Å²) in [5, 5.41) is 3.18. The summed E-state index contributed by atoms with van der Waals surface area (Å²) in [4.78, 5) is 4.64. The summed E-state index contributed by atoms with van der Waals surface area (Å²) in [6, 6.07) is 4.24. The molecule has 1 aromatic rings. The third kappa shape index (κ3) is 2.47. The van der Waals surface area contributed by atoms with Gasteiger partial charge < -0.3 is 5.32 Å². The van der Waals surface area contributed by atoms with Crippen LogP contribution in [0.3, 0.4) is 0 Å². The van der Waals surface area contributed by atoms with Crippen LogP contribution in [0.4, 0.5) is 5.69 Å². The lowest BCUT2D eigenvalue weighted by Gasteiger charge is -2.12. The molecule has 0 saturated heterocycles. The minimum Gasteiger partial charge on any atom is -0.388 e. The van der Waals surface area contributed by atoms with Crippen molar-refractivity contribution in [1.29, 1.82) is 0 Å². The van der Waals surface area contributed by atoms with Crippen LogP contribution in [0.5, 0.6) is 0 Å². The van der Waals surface area contributed by atoms with E-state index in [4.69, 9.17) is 0 Å². The van der Waals surface area contributed by atoms with Crippen molar-refractivity contribution in [1.82, 2.24) is 4.98 Å². The van der Waals surface area contributed by atoms with E-state index in [2.05, 4.69) is 50.1 Å². The molecule has 0 aliphatic rings. The second-order valence-corrected chi connectivity index (χ2v) is 4.26. The Morgan fingerprint density at radius 3 is 1.71 bits per heavy atom. The van der Waals surface area contributed by atoms with Gasteiger partial charge in [-0.1, -0.05) is 27.7 Å². The van der Waals surface area contributed by atoms with Crippen molar-refractivity contribution in [2.45, 2.75) is 39.5 Å². The molecule has 0 spiro atoms. The van der Waals surface area contributed by atoms with E-state index in [1.54, 1.807) is 0 Å². The first kappa shape index (κ1) is 11.0. The van der Waals surface area contributed by atoms with E-state index in [1.165, 1.54) is 11.4 Å². The molecule has 1 aromatic heterocycles. The third-order valence-corrected chi connectivity index (χ3v) is 2.34. The average Bonchev–Trinajstić information content (AvgIpc) is 2.16. The molecule has 78 valence electrons. The molecule has 0 bridgehead atoms. The molecular formula is C12H20N2. The number of anilines is 1. The SMILES string of the molecule is CNc1cc(C(C)C)nc(C(C)C)c1. The Bertz CT molecular complexity index is 277. The number of hydrogen-bond acceptors (Lipinski definition) is 2. The zero-order valence-electron chi connectivity index (χ0n) is 9.76. The first-order chi connectivity index (χ1) is 6.54. The van der Waals surface area contributed by atoms with Crippen molar-refractivity contribution in [2.75, 3.05) is 12.4 Å². The van der Waals surface area contributed by atoms with Gasteiger partial charge in [0, 0.05) is 24.1 Å². The smallest absolute Gasteiger partial charge is 0.0452 e. The molecule has 0 unspecified atom stereocenters. The Kier molecular flexibility index (Phi) is 3.50. The Morgan fingerprint density at radius 2 is 1.43 bits per heavy atom. The van der Waals surface area contributed by atoms with Gasteiger partial charge in [0.1, 0.15) is 0 Å². The minimum atomic E-state index is 0.487. The number of nitrogens with one attached hydrogen (secondary N) is 1. The maximum absolute atomic E-state index is 4.64. The summed E-state index contributed by atoms with van der Waals surface area (Å²) < 4.78 is 0. The van der Waals surface area contributed by atoms with Crippen LogP contribution >= 0.6 is 0 Å². The van der Waals surface area contributed by atoms with Gasteiger partial charge in [-0.2, -0.15) is 0 Å². The number of hydrogen-bond donors (Lipinski definition) is 1. The summed E-state index contributed by atoms with van der Waals surface area (Å²) in [5.41, 5.74) is 3.49. The monoisotopic (exact) mass is 192 g/mol. The first-order valence-electron chi connectivity index (χ1n) is 5.24. The summed E-state index contributed by atoms with van der Waals surface area (Å²) in [7, 11) is 1.95. The van der Waals surface area contributed by atoms with E-state index >= 15 is 0 Å². The fraction of sp³-hybridized carbons (Fsp3) is 0.583. The first-order valence-corrected chi connectivity index (χ1v) is 5.24. The van der Waals surface area contributed by atoms with Gasteiger partial charge in [0.2, 0.25) is 0 Å². The van der Waals surface area contributed by atoms with Crippen LogP contribution in [0.15, 0.2) is 12.1 Å². The molecule has 1 heterocycles. The Labute approximate surface area is 86.8 Å². The summed E-state index contributed by atoms with van der Waals surface area (Å²) >= 11 is 0. The zero-order chi connectivity index (χ0) is 10.7. The van der Waals surface area contributed by atoms with E-state index in [-0.39, 0.29) is 0 Å². The van der Waals surface area contributed by atoms with Gasteiger partial charge in [0.25, 0.3) is 0 Å². The number of aromatic nitrogens is 1. The van der Waals surface area contributed by atoms with Crippen molar-refractivity contribution in [3.63, 3.8) is 0 Å². The fourth-order valence-electron chi connectivity index (χ4n) is 1.31. The lowest BCUT2D eigenvalue weighted by Crippen LogP contribution is -2.02. The van der Waals surface area contributed by atoms with E-state index in [0.717, 1.165) is 5.69 Å². The highest BCUT2D eigenvalue weighted by atomic mass is 14.8. The van der Waals surface area contributed by atoms with Gasteiger partial charge in [0.05, 0.1) is 0 Å². The largest absolute Gasteiger partial charge is 0.388 e. The van der Waals surface area contributed by atoms with E-state index in [0.29, 0.717) is 11.8 Å². The highest BCUT2D eigenvalue weighted by molar-refractivity contribution is 5.46. The molecule has 0 aliphatic carbocycles. The van der Waals surface area contributed by atoms with Gasteiger partial charge in [-0.25, -0.2) is 0 Å². The summed E-state index contributed by atoms with van der Waals surface area (Å²) in [5.74, 6) is 0.974. The predicted octanol–water partition coefficient (Wildman–Crippen LogP) is 3.37. The molecule has 0 fully saturated rings. The van der Waals surface area contributed by atoms with Crippen molar-refractivity contribution >= 4 is 5.69 Å². The Balaban J connectivity index is 3.13. The van der Waals surface area contributed by atoms with Crippen molar-refractivity contribution in [3.05, 3.63) is 23.5 Å².